The van der Waals surface area contributed by atoms with E-state index in [9.17, 15) is 4.39 Å². The maximum absolute atomic E-state index is 13.7. The van der Waals surface area contributed by atoms with Crippen LogP contribution >= 0.6 is 23.6 Å². The van der Waals surface area contributed by atoms with Gasteiger partial charge in [-0.2, -0.15) is 0 Å². The lowest BCUT2D eigenvalue weighted by atomic mass is 10.1. The molecule has 112 valence electrons. The first kappa shape index (κ1) is 14.9. The minimum atomic E-state index is -0.213. The monoisotopic (exact) mass is 331 g/mol. The van der Waals surface area contributed by atoms with Gasteiger partial charge >= 0.3 is 0 Å². The Hall–Kier alpha value is -2.05. The molecule has 0 saturated carbocycles. The van der Waals surface area contributed by atoms with Crippen molar-refractivity contribution >= 4 is 44.0 Å². The van der Waals surface area contributed by atoms with Crippen molar-refractivity contribution in [2.75, 3.05) is 11.4 Å². The highest BCUT2D eigenvalue weighted by molar-refractivity contribution is 7.80. The molecule has 0 amide bonds. The van der Waals surface area contributed by atoms with Gasteiger partial charge in [0.15, 0.2) is 10.2 Å². The number of hydrogen-bond donors (Lipinski definition) is 1. The minimum Gasteiger partial charge on any atom is -0.376 e. The Morgan fingerprint density at radius 3 is 2.64 bits per heavy atom. The van der Waals surface area contributed by atoms with Gasteiger partial charge in [0, 0.05) is 6.54 Å². The molecule has 22 heavy (non-hydrogen) atoms. The number of thiocarbonyl (C=S) groups is 1. The summed E-state index contributed by atoms with van der Waals surface area (Å²) >= 11 is 6.66. The topological polar surface area (TPSA) is 42.1 Å². The van der Waals surface area contributed by atoms with Crippen LogP contribution in [0.15, 0.2) is 48.5 Å². The Balaban J connectivity index is 1.84. The fourth-order valence-electron chi connectivity index (χ4n) is 2.21. The number of thiazole rings is 1. The average molecular weight is 331 g/mol. The molecule has 3 rings (SSSR count). The molecule has 0 bridgehead atoms. The summed E-state index contributed by atoms with van der Waals surface area (Å²) in [5.74, 6) is -0.213. The van der Waals surface area contributed by atoms with E-state index in [1.807, 2.05) is 30.3 Å². The molecule has 0 aliphatic rings. The highest BCUT2D eigenvalue weighted by Crippen LogP contribution is 2.28. The normalized spacial score (nSPS) is 10.8. The molecule has 0 radical (unpaired) electrons. The summed E-state index contributed by atoms with van der Waals surface area (Å²) in [6, 6.07) is 14.6. The number of rotatable bonds is 4. The molecular weight excluding hydrogens is 317 g/mol. The number of benzene rings is 2. The molecule has 0 unspecified atom stereocenters. The predicted molar refractivity (Wildman–Crippen MR) is 93.9 cm³/mol. The number of hydrogen-bond acceptors (Lipinski definition) is 3. The van der Waals surface area contributed by atoms with Crippen LogP contribution in [0.1, 0.15) is 5.56 Å². The van der Waals surface area contributed by atoms with Gasteiger partial charge in [0.1, 0.15) is 5.82 Å². The fraction of sp³-hybridized carbons (Fsp3) is 0.125. The minimum absolute atomic E-state index is 0.213. The molecule has 0 fully saturated rings. The Morgan fingerprint density at radius 2 is 1.91 bits per heavy atom. The van der Waals surface area contributed by atoms with Crippen molar-refractivity contribution < 1.29 is 4.39 Å². The van der Waals surface area contributed by atoms with Gasteiger partial charge in [0.25, 0.3) is 0 Å². The summed E-state index contributed by atoms with van der Waals surface area (Å²) in [6.45, 7) is 0.496. The molecule has 1 aromatic heterocycles. The van der Waals surface area contributed by atoms with Crippen molar-refractivity contribution in [2.45, 2.75) is 6.42 Å². The van der Waals surface area contributed by atoms with E-state index < -0.39 is 0 Å². The molecule has 0 aliphatic heterocycles. The largest absolute Gasteiger partial charge is 0.376 e. The van der Waals surface area contributed by atoms with Crippen molar-refractivity contribution in [1.29, 1.82) is 0 Å². The Bertz CT molecular complexity index is 783. The van der Waals surface area contributed by atoms with E-state index in [1.54, 1.807) is 17.0 Å². The second kappa shape index (κ2) is 6.37. The zero-order chi connectivity index (χ0) is 15.5. The molecule has 0 saturated heterocycles. The van der Waals surface area contributed by atoms with Crippen LogP contribution in [0.4, 0.5) is 9.52 Å². The Kier molecular flexibility index (Phi) is 4.31. The molecule has 2 N–H and O–H groups in total. The SMILES string of the molecule is NC(=S)N(CCc1ccccc1F)c1nc2ccccc2s1. The van der Waals surface area contributed by atoms with Crippen LogP contribution in [0.2, 0.25) is 0 Å². The van der Waals surface area contributed by atoms with Gasteiger partial charge in [-0.05, 0) is 42.4 Å². The third-order valence-corrected chi connectivity index (χ3v) is 4.62. The summed E-state index contributed by atoms with van der Waals surface area (Å²) in [6.07, 6.45) is 0.514. The van der Waals surface area contributed by atoms with Crippen molar-refractivity contribution in [2.24, 2.45) is 5.73 Å². The molecule has 2 aromatic carbocycles. The second-order valence-corrected chi connectivity index (χ2v) is 6.22. The van der Waals surface area contributed by atoms with Gasteiger partial charge in [0.05, 0.1) is 10.2 Å². The molecule has 3 nitrogen and oxygen atoms in total. The highest BCUT2D eigenvalue weighted by Gasteiger charge is 2.15. The number of anilines is 1. The zero-order valence-electron chi connectivity index (χ0n) is 11.7. The van der Waals surface area contributed by atoms with Crippen LogP contribution in [0.5, 0.6) is 0 Å². The van der Waals surface area contributed by atoms with Crippen LogP contribution in [0, 0.1) is 5.82 Å². The molecule has 3 aromatic rings. The van der Waals surface area contributed by atoms with Gasteiger partial charge in [-0.15, -0.1) is 0 Å². The molecule has 0 spiro atoms. The number of halogens is 1. The summed E-state index contributed by atoms with van der Waals surface area (Å²) in [7, 11) is 0. The third-order valence-electron chi connectivity index (χ3n) is 3.34. The van der Waals surface area contributed by atoms with Gasteiger partial charge in [-0.1, -0.05) is 41.7 Å². The van der Waals surface area contributed by atoms with Crippen LogP contribution in [-0.2, 0) is 6.42 Å². The third kappa shape index (κ3) is 3.08. The fourth-order valence-corrected chi connectivity index (χ4v) is 3.45. The number of para-hydroxylation sites is 1. The van der Waals surface area contributed by atoms with Crippen LogP contribution in [0.3, 0.4) is 0 Å². The van der Waals surface area contributed by atoms with E-state index in [-0.39, 0.29) is 10.9 Å². The van der Waals surface area contributed by atoms with E-state index in [0.717, 1.165) is 15.3 Å². The van der Waals surface area contributed by atoms with Crippen LogP contribution in [0.25, 0.3) is 10.2 Å². The van der Waals surface area contributed by atoms with E-state index in [4.69, 9.17) is 18.0 Å². The lowest BCUT2D eigenvalue weighted by Gasteiger charge is -2.19. The van der Waals surface area contributed by atoms with E-state index in [1.165, 1.54) is 17.4 Å². The maximum Gasteiger partial charge on any atom is 0.192 e. The van der Waals surface area contributed by atoms with E-state index in [0.29, 0.717) is 18.5 Å². The quantitative estimate of drug-likeness (QED) is 0.740. The Labute approximate surface area is 137 Å². The van der Waals surface area contributed by atoms with Crippen LogP contribution in [-0.4, -0.2) is 16.6 Å². The van der Waals surface area contributed by atoms with Crippen LogP contribution < -0.4 is 10.6 Å². The number of nitrogens with zero attached hydrogens (tertiary/aromatic N) is 2. The van der Waals surface area contributed by atoms with Gasteiger partial charge in [0.2, 0.25) is 0 Å². The van der Waals surface area contributed by atoms with Gasteiger partial charge < -0.3 is 5.73 Å². The van der Waals surface area contributed by atoms with Crippen molar-refractivity contribution in [3.05, 3.63) is 59.9 Å². The summed E-state index contributed by atoms with van der Waals surface area (Å²) < 4.78 is 14.8. The molecule has 0 aliphatic carbocycles. The van der Waals surface area contributed by atoms with Gasteiger partial charge in [-0.25, -0.2) is 9.37 Å². The number of nitrogens with two attached hydrogens (primary N) is 1. The maximum atomic E-state index is 13.7. The second-order valence-electron chi connectivity index (χ2n) is 4.80. The van der Waals surface area contributed by atoms with Gasteiger partial charge in [-0.3, -0.25) is 4.90 Å². The van der Waals surface area contributed by atoms with E-state index >= 15 is 0 Å². The van der Waals surface area contributed by atoms with Crippen molar-refractivity contribution in [1.82, 2.24) is 4.98 Å². The van der Waals surface area contributed by atoms with E-state index in [2.05, 4.69) is 4.98 Å². The lowest BCUT2D eigenvalue weighted by molar-refractivity contribution is 0.609. The first-order chi connectivity index (χ1) is 10.6. The predicted octanol–water partition coefficient (Wildman–Crippen LogP) is 3.73. The van der Waals surface area contributed by atoms with Crippen molar-refractivity contribution in [3.8, 4) is 0 Å². The smallest absolute Gasteiger partial charge is 0.192 e. The first-order valence-electron chi connectivity index (χ1n) is 6.81. The summed E-state index contributed by atoms with van der Waals surface area (Å²) in [5, 5.41) is 0.987. The first-order valence-corrected chi connectivity index (χ1v) is 8.03. The number of fused-ring (bicyclic) bond motifs is 1. The highest BCUT2D eigenvalue weighted by atomic mass is 32.1. The molecular formula is C16H14FN3S2. The zero-order valence-corrected chi connectivity index (χ0v) is 13.3. The molecule has 1 heterocycles. The summed E-state index contributed by atoms with van der Waals surface area (Å²) in [5.41, 5.74) is 7.38. The van der Waals surface area contributed by atoms with Crippen molar-refractivity contribution in [3.63, 3.8) is 0 Å². The summed E-state index contributed by atoms with van der Waals surface area (Å²) in [4.78, 5) is 6.31. The number of aromatic nitrogens is 1. The molecule has 0 atom stereocenters. The average Bonchev–Trinajstić information content (AvgIpc) is 2.92. The standard InChI is InChI=1S/C16H14FN3S2/c17-12-6-2-1-5-11(12)9-10-20(15(18)21)16-19-13-7-3-4-8-14(13)22-16/h1-8H,9-10H2,(H2,18,21). The Morgan fingerprint density at radius 1 is 1.18 bits per heavy atom. The lowest BCUT2D eigenvalue weighted by Crippen LogP contribution is -2.37. The molecule has 6 heteroatoms.